The molecule has 1 aromatic carbocycles. The van der Waals surface area contributed by atoms with Crippen molar-refractivity contribution in [2.75, 3.05) is 31.1 Å². The number of nitrogens with one attached hydrogen (secondary N) is 2. The average molecular weight is 636 g/mol. The maximum Gasteiger partial charge on any atom is 0.416 e. The van der Waals surface area contributed by atoms with Crippen LogP contribution in [0.2, 0.25) is 0 Å². The molecule has 248 valence electrons. The lowest BCUT2D eigenvalue weighted by Gasteiger charge is -2.37. The number of carbonyl (C=O) groups is 5. The minimum Gasteiger partial charge on any atom is -0.445 e. The van der Waals surface area contributed by atoms with Crippen molar-refractivity contribution in [3.05, 3.63) is 59.3 Å². The van der Waals surface area contributed by atoms with Gasteiger partial charge in [-0.2, -0.15) is 0 Å². The van der Waals surface area contributed by atoms with Crippen molar-refractivity contribution in [2.24, 2.45) is 5.92 Å². The highest BCUT2D eigenvalue weighted by Gasteiger charge is 2.37. The molecule has 4 rings (SSSR count). The molecule has 2 aliphatic heterocycles. The van der Waals surface area contributed by atoms with Gasteiger partial charge in [-0.05, 0) is 77.0 Å². The van der Waals surface area contributed by atoms with E-state index >= 15 is 0 Å². The molecular weight excluding hydrogens is 590 g/mol. The molecule has 1 fully saturated rings. The fourth-order valence-electron chi connectivity index (χ4n) is 5.20. The molecule has 1 saturated heterocycles. The van der Waals surface area contributed by atoms with E-state index in [0.29, 0.717) is 31.6 Å². The maximum absolute atomic E-state index is 12.7. The Labute approximate surface area is 270 Å². The molecular formula is C34H45N5O7. The van der Waals surface area contributed by atoms with Crippen molar-refractivity contribution >= 4 is 35.6 Å². The van der Waals surface area contributed by atoms with Crippen LogP contribution in [0, 0.1) is 5.92 Å². The summed E-state index contributed by atoms with van der Waals surface area (Å²) in [5.41, 5.74) is 2.13. The molecule has 0 saturated carbocycles. The number of nitrogens with zero attached hydrogens (tertiary/aromatic N) is 3. The zero-order valence-corrected chi connectivity index (χ0v) is 27.2. The number of aryl methyl sites for hydroxylation is 2. The molecule has 3 heterocycles. The van der Waals surface area contributed by atoms with Crippen LogP contribution in [-0.2, 0) is 43.3 Å². The van der Waals surface area contributed by atoms with E-state index in [4.69, 9.17) is 14.5 Å². The average Bonchev–Trinajstić information content (AvgIpc) is 2.98. The number of hydrogen-bond donors (Lipinski definition) is 2. The fraction of sp³-hybridized carbons (Fsp3) is 0.529. The molecule has 0 aliphatic carbocycles. The first-order valence-corrected chi connectivity index (χ1v) is 15.9. The van der Waals surface area contributed by atoms with Crippen molar-refractivity contribution < 1.29 is 33.4 Å². The highest BCUT2D eigenvalue weighted by molar-refractivity contribution is 5.90. The first-order valence-electron chi connectivity index (χ1n) is 15.9. The summed E-state index contributed by atoms with van der Waals surface area (Å²) < 4.78 is 10.9. The number of amides is 4. The van der Waals surface area contributed by atoms with Crippen molar-refractivity contribution in [3.63, 3.8) is 0 Å². The molecule has 2 aliphatic rings. The minimum absolute atomic E-state index is 0.0116. The zero-order valence-electron chi connectivity index (χ0n) is 27.2. The fourth-order valence-corrected chi connectivity index (χ4v) is 5.20. The van der Waals surface area contributed by atoms with Gasteiger partial charge in [0.15, 0.2) is 5.78 Å². The summed E-state index contributed by atoms with van der Waals surface area (Å²) in [6, 6.07) is 12.4. The number of hydrogen-bond acceptors (Lipinski definition) is 8. The third kappa shape index (κ3) is 10.0. The second-order valence-corrected chi connectivity index (χ2v) is 12.8. The van der Waals surface area contributed by atoms with E-state index in [2.05, 4.69) is 10.6 Å². The summed E-state index contributed by atoms with van der Waals surface area (Å²) >= 11 is 0. The molecule has 46 heavy (non-hydrogen) atoms. The van der Waals surface area contributed by atoms with Crippen LogP contribution in [0.3, 0.4) is 0 Å². The smallest absolute Gasteiger partial charge is 0.416 e. The summed E-state index contributed by atoms with van der Waals surface area (Å²) in [6.07, 6.45) is 3.04. The van der Waals surface area contributed by atoms with Gasteiger partial charge in [0, 0.05) is 38.3 Å². The zero-order chi connectivity index (χ0) is 33.3. The third-order valence-electron chi connectivity index (χ3n) is 7.82. The Morgan fingerprint density at radius 3 is 2.43 bits per heavy atom. The summed E-state index contributed by atoms with van der Waals surface area (Å²) in [7, 11) is 0. The number of anilines is 1. The first kappa shape index (κ1) is 34.4. The second-order valence-electron chi connectivity index (χ2n) is 12.8. The number of benzene rings is 1. The monoisotopic (exact) mass is 635 g/mol. The molecule has 0 unspecified atom stereocenters. The van der Waals surface area contributed by atoms with Gasteiger partial charge in [0.1, 0.15) is 24.1 Å². The first-order chi connectivity index (χ1) is 21.9. The van der Waals surface area contributed by atoms with Crippen molar-refractivity contribution in [1.29, 1.82) is 0 Å². The van der Waals surface area contributed by atoms with Crippen molar-refractivity contribution in [3.8, 4) is 0 Å². The number of pyridine rings is 1. The van der Waals surface area contributed by atoms with Crippen LogP contribution >= 0.6 is 0 Å². The lowest BCUT2D eigenvalue weighted by molar-refractivity contribution is -0.133. The molecule has 4 amide bonds. The largest absolute Gasteiger partial charge is 0.445 e. The van der Waals surface area contributed by atoms with Crippen molar-refractivity contribution in [2.45, 2.75) is 84.5 Å². The predicted octanol–water partition coefficient (Wildman–Crippen LogP) is 3.94. The number of rotatable bonds is 12. The van der Waals surface area contributed by atoms with Gasteiger partial charge in [-0.15, -0.1) is 0 Å². The van der Waals surface area contributed by atoms with Crippen LogP contribution in [0.25, 0.3) is 0 Å². The Hall–Kier alpha value is -4.48. The van der Waals surface area contributed by atoms with Crippen molar-refractivity contribution in [1.82, 2.24) is 20.5 Å². The number of likely N-dealkylation sites (tertiary alicyclic amines) is 1. The minimum atomic E-state index is -0.858. The van der Waals surface area contributed by atoms with Crippen LogP contribution < -0.4 is 15.5 Å². The molecule has 0 spiro atoms. The van der Waals surface area contributed by atoms with E-state index in [0.717, 1.165) is 29.7 Å². The Morgan fingerprint density at radius 2 is 1.74 bits per heavy atom. The Bertz CT molecular complexity index is 1400. The van der Waals surface area contributed by atoms with Crippen LogP contribution in [0.1, 0.15) is 70.2 Å². The van der Waals surface area contributed by atoms with Crippen LogP contribution in [0.15, 0.2) is 42.5 Å². The number of Topliss-reactive ketones (excluding diaryl/α,β-unsaturated/α-hetero) is 1. The quantitative estimate of drug-likeness (QED) is 0.334. The number of ether oxygens (including phenoxy) is 2. The van der Waals surface area contributed by atoms with Gasteiger partial charge >= 0.3 is 12.2 Å². The van der Waals surface area contributed by atoms with Gasteiger partial charge in [0.2, 0.25) is 11.8 Å². The van der Waals surface area contributed by atoms with Gasteiger partial charge in [0.05, 0.1) is 5.92 Å². The van der Waals surface area contributed by atoms with Gasteiger partial charge in [-0.25, -0.2) is 14.6 Å². The van der Waals surface area contributed by atoms with Gasteiger partial charge in [-0.1, -0.05) is 36.4 Å². The van der Waals surface area contributed by atoms with Gasteiger partial charge < -0.3 is 25.0 Å². The van der Waals surface area contributed by atoms with Gasteiger partial charge in [0.25, 0.3) is 0 Å². The molecule has 0 bridgehead atoms. The number of aromatic nitrogens is 1. The normalized spacial score (nSPS) is 15.2. The molecule has 12 heteroatoms. The Kier molecular flexibility index (Phi) is 11.7. The maximum atomic E-state index is 12.7. The Morgan fingerprint density at radius 1 is 1.00 bits per heavy atom. The van der Waals surface area contributed by atoms with E-state index in [1.807, 2.05) is 63.2 Å². The topological polar surface area (TPSA) is 147 Å². The lowest BCUT2D eigenvalue weighted by atomic mass is 9.99. The molecule has 1 atom stereocenters. The summed E-state index contributed by atoms with van der Waals surface area (Å²) in [4.78, 5) is 70.2. The molecule has 2 N–H and O–H groups in total. The molecule has 12 nitrogen and oxygen atoms in total. The van der Waals surface area contributed by atoms with E-state index in [9.17, 15) is 24.0 Å². The SMILES string of the molecule is CC(=O)[C@H](CNC(=O)CCCCc1ccc2c(n1)N(C(=O)OC(C)(C)C)CCC2)NC(=O)C1CN(C(=O)OCc2ccccc2)C1. The highest BCUT2D eigenvalue weighted by Crippen LogP contribution is 2.27. The highest BCUT2D eigenvalue weighted by atomic mass is 16.6. The number of fused-ring (bicyclic) bond motifs is 1. The second kappa shape index (κ2) is 15.7. The van der Waals surface area contributed by atoms with Crippen LogP contribution in [0.5, 0.6) is 0 Å². The summed E-state index contributed by atoms with van der Waals surface area (Å²) in [6.45, 7) is 7.98. The molecule has 2 aromatic rings. The predicted molar refractivity (Wildman–Crippen MR) is 171 cm³/mol. The van der Waals surface area contributed by atoms with E-state index < -0.39 is 29.7 Å². The Balaban J connectivity index is 1.15. The number of ketones is 1. The standard InChI is InChI=1S/C34H45N5O7/c1-23(40)28(37-31(42)26-20-38(21-26)32(43)45-22-24-11-6-5-7-12-24)19-35-29(41)15-9-8-14-27-17-16-25-13-10-18-39(30(25)36-27)33(44)46-34(2,3)4/h5-7,11-12,16-17,26,28H,8-10,13-15,18-22H2,1-4H3,(H,35,41)(H,37,42)/t28-/m0/s1. The van der Waals surface area contributed by atoms with Gasteiger partial charge in [-0.3, -0.25) is 19.3 Å². The summed E-state index contributed by atoms with van der Waals surface area (Å²) in [5.74, 6) is -0.637. The van der Waals surface area contributed by atoms with Crippen LogP contribution in [0.4, 0.5) is 15.4 Å². The molecule has 0 radical (unpaired) electrons. The third-order valence-corrected chi connectivity index (χ3v) is 7.82. The van der Waals surface area contributed by atoms with E-state index in [1.165, 1.54) is 11.8 Å². The van der Waals surface area contributed by atoms with E-state index in [1.54, 1.807) is 4.90 Å². The number of unbranched alkanes of at least 4 members (excludes halogenated alkanes) is 1. The van der Waals surface area contributed by atoms with E-state index in [-0.39, 0.29) is 50.3 Å². The summed E-state index contributed by atoms with van der Waals surface area (Å²) in [5, 5.41) is 5.45. The lowest BCUT2D eigenvalue weighted by Crippen LogP contribution is -2.58. The van der Waals surface area contributed by atoms with Crippen LogP contribution in [-0.4, -0.2) is 77.5 Å². The number of carbonyl (C=O) groups excluding carboxylic acids is 5. The molecule has 1 aromatic heterocycles.